The molecule has 0 aliphatic heterocycles. The molecular weight excluding hydrogens is 134 g/mol. The van der Waals surface area contributed by atoms with Crippen molar-refractivity contribution in [2.24, 2.45) is 0 Å². The highest BCUT2D eigenvalue weighted by atomic mass is 16.5. The third-order valence-electron chi connectivity index (χ3n) is 0.940. The fourth-order valence-corrected chi connectivity index (χ4v) is 0.344. The van der Waals surface area contributed by atoms with Crippen molar-refractivity contribution in [3.05, 3.63) is 12.2 Å². The van der Waals surface area contributed by atoms with Crippen LogP contribution in [0.2, 0.25) is 0 Å². The lowest BCUT2D eigenvalue weighted by Gasteiger charge is -1.94. The summed E-state index contributed by atoms with van der Waals surface area (Å²) in [5.41, 5.74) is 3.52. The maximum atomic E-state index is 10.4. The highest BCUT2D eigenvalue weighted by molar-refractivity contribution is 5.81. The van der Waals surface area contributed by atoms with Crippen LogP contribution in [0.15, 0.2) is 12.2 Å². The van der Waals surface area contributed by atoms with E-state index in [1.165, 1.54) is 19.3 Å². The molecule has 4 nitrogen and oxygen atoms in total. The summed E-state index contributed by atoms with van der Waals surface area (Å²) < 4.78 is 4.31. The van der Waals surface area contributed by atoms with Gasteiger partial charge in [0.15, 0.2) is 0 Å². The molecule has 0 saturated heterocycles. The van der Waals surface area contributed by atoms with E-state index in [0.29, 0.717) is 0 Å². The van der Waals surface area contributed by atoms with Gasteiger partial charge in [0.1, 0.15) is 6.04 Å². The number of carbonyl (C=O) groups is 1. The van der Waals surface area contributed by atoms with E-state index in [2.05, 4.69) is 10.5 Å². The Balaban J connectivity index is 3.63. The Bertz CT molecular complexity index is 133. The van der Waals surface area contributed by atoms with E-state index in [-0.39, 0.29) is 12.6 Å². The Hall–Kier alpha value is -0.870. The standard InChI is InChI=1S/C6H11NO3/c1-10-6(9)3-2-5(7)4-8/h2-3,5,8H,4,7H2,1H3/p+1/b3-2+. The monoisotopic (exact) mass is 146 g/mol. The first-order valence-electron chi connectivity index (χ1n) is 2.90. The summed E-state index contributed by atoms with van der Waals surface area (Å²) in [5.74, 6) is -0.429. The molecule has 0 saturated carbocycles. The van der Waals surface area contributed by atoms with Crippen LogP contribution in [0.5, 0.6) is 0 Å². The highest BCUT2D eigenvalue weighted by Crippen LogP contribution is 1.80. The number of aliphatic hydroxyl groups excluding tert-OH is 1. The van der Waals surface area contributed by atoms with Gasteiger partial charge in [-0.15, -0.1) is 0 Å². The van der Waals surface area contributed by atoms with Crippen LogP contribution in [0, 0.1) is 0 Å². The second-order valence-corrected chi connectivity index (χ2v) is 1.82. The zero-order valence-corrected chi connectivity index (χ0v) is 5.91. The number of aliphatic hydroxyl groups is 1. The average Bonchev–Trinajstić information content (AvgIpc) is 1.99. The second-order valence-electron chi connectivity index (χ2n) is 1.82. The van der Waals surface area contributed by atoms with Crippen molar-refractivity contribution >= 4 is 5.97 Å². The Kier molecular flexibility index (Phi) is 4.53. The van der Waals surface area contributed by atoms with Crippen molar-refractivity contribution in [3.8, 4) is 0 Å². The highest BCUT2D eigenvalue weighted by Gasteiger charge is 1.98. The summed E-state index contributed by atoms with van der Waals surface area (Å²) >= 11 is 0. The van der Waals surface area contributed by atoms with Gasteiger partial charge < -0.3 is 15.6 Å². The molecule has 0 heterocycles. The van der Waals surface area contributed by atoms with Crippen molar-refractivity contribution in [1.29, 1.82) is 0 Å². The van der Waals surface area contributed by atoms with Crippen LogP contribution >= 0.6 is 0 Å². The summed E-state index contributed by atoms with van der Waals surface area (Å²) in [6.45, 7) is -0.0620. The van der Waals surface area contributed by atoms with Crippen LogP contribution in [-0.2, 0) is 9.53 Å². The molecule has 0 amide bonds. The summed E-state index contributed by atoms with van der Waals surface area (Å²) in [6, 6.07) is -0.237. The molecule has 0 aliphatic rings. The van der Waals surface area contributed by atoms with Gasteiger partial charge in [-0.25, -0.2) is 4.79 Å². The fraction of sp³-hybridized carbons (Fsp3) is 0.500. The summed E-state index contributed by atoms with van der Waals surface area (Å²) in [5, 5.41) is 8.45. The van der Waals surface area contributed by atoms with Crippen molar-refractivity contribution in [2.75, 3.05) is 13.7 Å². The lowest BCUT2D eigenvalue weighted by Crippen LogP contribution is -2.61. The van der Waals surface area contributed by atoms with E-state index < -0.39 is 5.97 Å². The molecule has 58 valence electrons. The van der Waals surface area contributed by atoms with E-state index >= 15 is 0 Å². The topological polar surface area (TPSA) is 74.2 Å². The zero-order chi connectivity index (χ0) is 7.98. The maximum Gasteiger partial charge on any atom is 0.330 e. The molecule has 0 spiro atoms. The molecule has 4 heteroatoms. The molecule has 10 heavy (non-hydrogen) atoms. The fourth-order valence-electron chi connectivity index (χ4n) is 0.344. The van der Waals surface area contributed by atoms with Crippen LogP contribution in [0.3, 0.4) is 0 Å². The van der Waals surface area contributed by atoms with Crippen LogP contribution in [0.4, 0.5) is 0 Å². The first kappa shape index (κ1) is 9.13. The van der Waals surface area contributed by atoms with Crippen molar-refractivity contribution in [1.82, 2.24) is 0 Å². The van der Waals surface area contributed by atoms with E-state index in [9.17, 15) is 4.79 Å². The van der Waals surface area contributed by atoms with E-state index in [0.717, 1.165) is 0 Å². The minimum Gasteiger partial charge on any atom is -0.466 e. The smallest absolute Gasteiger partial charge is 0.330 e. The van der Waals surface area contributed by atoms with Gasteiger partial charge in [0, 0.05) is 6.08 Å². The average molecular weight is 146 g/mol. The van der Waals surface area contributed by atoms with Gasteiger partial charge in [-0.3, -0.25) is 0 Å². The quantitative estimate of drug-likeness (QED) is 0.369. The predicted octanol–water partition coefficient (Wildman–Crippen LogP) is -1.68. The first-order valence-corrected chi connectivity index (χ1v) is 2.90. The molecule has 0 aromatic carbocycles. The lowest BCUT2D eigenvalue weighted by atomic mass is 10.3. The molecule has 4 N–H and O–H groups in total. The van der Waals surface area contributed by atoms with E-state index in [1.807, 2.05) is 0 Å². The molecule has 0 bridgehead atoms. The number of ether oxygens (including phenoxy) is 1. The van der Waals surface area contributed by atoms with Gasteiger partial charge in [0.05, 0.1) is 13.7 Å². The molecule has 0 aromatic heterocycles. The number of rotatable bonds is 3. The Morgan fingerprint density at radius 3 is 2.90 bits per heavy atom. The van der Waals surface area contributed by atoms with Gasteiger partial charge in [0.25, 0.3) is 0 Å². The molecule has 0 radical (unpaired) electrons. The first-order chi connectivity index (χ1) is 4.70. The summed E-state index contributed by atoms with van der Waals surface area (Å²) in [7, 11) is 1.30. The third kappa shape index (κ3) is 4.05. The number of methoxy groups -OCH3 is 1. The maximum absolute atomic E-state index is 10.4. The zero-order valence-electron chi connectivity index (χ0n) is 5.91. The number of esters is 1. The number of hydrogen-bond donors (Lipinski definition) is 2. The Morgan fingerprint density at radius 1 is 1.90 bits per heavy atom. The molecule has 0 aliphatic carbocycles. The van der Waals surface area contributed by atoms with Crippen LogP contribution in [0.25, 0.3) is 0 Å². The van der Waals surface area contributed by atoms with E-state index in [4.69, 9.17) is 5.11 Å². The molecule has 1 atom stereocenters. The lowest BCUT2D eigenvalue weighted by molar-refractivity contribution is -0.408. The van der Waals surface area contributed by atoms with Crippen LogP contribution in [0.1, 0.15) is 0 Å². The molecule has 0 rings (SSSR count). The van der Waals surface area contributed by atoms with Crippen molar-refractivity contribution in [3.63, 3.8) is 0 Å². The Labute approximate surface area is 59.3 Å². The minimum absolute atomic E-state index is 0.0620. The van der Waals surface area contributed by atoms with Gasteiger partial charge in [-0.2, -0.15) is 0 Å². The van der Waals surface area contributed by atoms with Crippen LogP contribution < -0.4 is 5.73 Å². The molecule has 1 unspecified atom stereocenters. The third-order valence-corrected chi connectivity index (χ3v) is 0.940. The molecular formula is C6H12NO3+. The molecule has 0 aromatic rings. The van der Waals surface area contributed by atoms with E-state index in [1.54, 1.807) is 0 Å². The number of quaternary nitrogens is 1. The SMILES string of the molecule is COC(=O)/C=C/C([NH3+])CO. The number of hydrogen-bond acceptors (Lipinski definition) is 3. The molecule has 0 fully saturated rings. The minimum atomic E-state index is -0.429. The van der Waals surface area contributed by atoms with Gasteiger partial charge in [-0.1, -0.05) is 0 Å². The summed E-state index contributed by atoms with van der Waals surface area (Å²) in [6.07, 6.45) is 2.74. The van der Waals surface area contributed by atoms with Crippen LogP contribution in [-0.4, -0.2) is 30.8 Å². The predicted molar refractivity (Wildman–Crippen MR) is 34.9 cm³/mol. The Morgan fingerprint density at radius 2 is 2.50 bits per heavy atom. The van der Waals surface area contributed by atoms with Gasteiger partial charge in [0.2, 0.25) is 0 Å². The second kappa shape index (κ2) is 4.96. The largest absolute Gasteiger partial charge is 0.466 e. The van der Waals surface area contributed by atoms with Gasteiger partial charge in [-0.05, 0) is 6.08 Å². The normalized spacial score (nSPS) is 13.5. The summed E-state index contributed by atoms with van der Waals surface area (Å²) in [4.78, 5) is 10.4. The van der Waals surface area contributed by atoms with Crippen molar-refractivity contribution in [2.45, 2.75) is 6.04 Å². The van der Waals surface area contributed by atoms with Crippen molar-refractivity contribution < 1.29 is 20.4 Å². The van der Waals surface area contributed by atoms with Gasteiger partial charge >= 0.3 is 5.97 Å². The number of carbonyl (C=O) groups excluding carboxylic acids is 1.